The average Bonchev–Trinajstić information content (AvgIpc) is 2.66. The summed E-state index contributed by atoms with van der Waals surface area (Å²) in [5.74, 6) is 0.251. The summed E-state index contributed by atoms with van der Waals surface area (Å²) in [5, 5.41) is 0. The van der Waals surface area contributed by atoms with Gasteiger partial charge in [0.15, 0.2) is 0 Å². The maximum Gasteiger partial charge on any atom is 0.337 e. The summed E-state index contributed by atoms with van der Waals surface area (Å²) in [7, 11) is 1.35. The van der Waals surface area contributed by atoms with Gasteiger partial charge in [0.2, 0.25) is 0 Å². The largest absolute Gasteiger partial charge is 0.465 e. The molecule has 5 heteroatoms. The van der Waals surface area contributed by atoms with Gasteiger partial charge in [-0.1, -0.05) is 28.1 Å². The van der Waals surface area contributed by atoms with Crippen LogP contribution in [0.4, 0.5) is 0 Å². The third-order valence-corrected chi connectivity index (χ3v) is 5.41. The second kappa shape index (κ2) is 8.61. The number of ether oxygens (including phenoxy) is 1. The molecule has 0 aliphatic heterocycles. The molecule has 27 heavy (non-hydrogen) atoms. The second-order valence-electron chi connectivity index (χ2n) is 6.82. The van der Waals surface area contributed by atoms with E-state index in [9.17, 15) is 14.4 Å². The van der Waals surface area contributed by atoms with Crippen LogP contribution < -0.4 is 0 Å². The van der Waals surface area contributed by atoms with Crippen LogP contribution in [0.15, 0.2) is 40.9 Å². The minimum Gasteiger partial charge on any atom is -0.465 e. The van der Waals surface area contributed by atoms with Gasteiger partial charge in [0.1, 0.15) is 11.6 Å². The molecule has 2 aromatic carbocycles. The number of halogens is 1. The first kappa shape index (κ1) is 19.5. The topological polar surface area (TPSA) is 60.4 Å². The fraction of sp³-hybridized carbons (Fsp3) is 0.318. The second-order valence-corrected chi connectivity index (χ2v) is 7.73. The zero-order valence-electron chi connectivity index (χ0n) is 15.2. The van der Waals surface area contributed by atoms with E-state index < -0.39 is 0 Å². The van der Waals surface area contributed by atoms with Crippen molar-refractivity contribution in [2.45, 2.75) is 38.5 Å². The quantitative estimate of drug-likeness (QED) is 0.643. The molecule has 0 N–H and O–H groups in total. The Morgan fingerprint density at radius 2 is 1.37 bits per heavy atom. The minimum absolute atomic E-state index is 0.240. The summed E-state index contributed by atoms with van der Waals surface area (Å²) in [6.45, 7) is 0. The molecule has 4 nitrogen and oxygen atoms in total. The van der Waals surface area contributed by atoms with E-state index in [1.807, 2.05) is 18.2 Å². The third kappa shape index (κ3) is 4.92. The fourth-order valence-electron chi connectivity index (χ4n) is 3.43. The van der Waals surface area contributed by atoms with Crippen LogP contribution in [0.3, 0.4) is 0 Å². The van der Waals surface area contributed by atoms with Crippen LogP contribution in [-0.4, -0.2) is 24.6 Å². The van der Waals surface area contributed by atoms with Gasteiger partial charge in [-0.25, -0.2) is 4.79 Å². The van der Waals surface area contributed by atoms with Crippen molar-refractivity contribution < 1.29 is 19.1 Å². The molecule has 0 fully saturated rings. The fourth-order valence-corrected chi connectivity index (χ4v) is 3.84. The van der Waals surface area contributed by atoms with E-state index in [1.165, 1.54) is 23.8 Å². The van der Waals surface area contributed by atoms with Crippen molar-refractivity contribution in [1.82, 2.24) is 0 Å². The molecule has 2 aliphatic rings. The summed E-state index contributed by atoms with van der Waals surface area (Å²) in [5.41, 5.74) is 5.18. The van der Waals surface area contributed by atoms with E-state index in [4.69, 9.17) is 0 Å². The highest BCUT2D eigenvalue weighted by Crippen LogP contribution is 2.23. The Morgan fingerprint density at radius 3 is 1.96 bits per heavy atom. The summed E-state index contributed by atoms with van der Waals surface area (Å²) in [6, 6.07) is 11.6. The molecule has 140 valence electrons. The van der Waals surface area contributed by atoms with Crippen molar-refractivity contribution in [3.63, 3.8) is 0 Å². The lowest BCUT2D eigenvalue weighted by Crippen LogP contribution is -2.14. The maximum absolute atomic E-state index is 11.3. The number of rotatable bonds is 1. The van der Waals surface area contributed by atoms with E-state index in [0.717, 1.165) is 22.9 Å². The van der Waals surface area contributed by atoms with E-state index in [0.29, 0.717) is 37.0 Å². The highest BCUT2D eigenvalue weighted by molar-refractivity contribution is 9.10. The number of Topliss-reactive ketones (excluding diaryl/α,β-unsaturated/α-hetero) is 2. The van der Waals surface area contributed by atoms with Gasteiger partial charge in [0, 0.05) is 30.2 Å². The van der Waals surface area contributed by atoms with Crippen LogP contribution >= 0.6 is 15.9 Å². The number of fused-ring (bicyclic) bond motifs is 2. The molecule has 0 spiro atoms. The first-order valence-corrected chi connectivity index (χ1v) is 9.76. The number of hydrogen-bond acceptors (Lipinski definition) is 4. The zero-order chi connectivity index (χ0) is 19.4. The summed E-state index contributed by atoms with van der Waals surface area (Å²) >= 11 is 3.40. The number of ketones is 2. The van der Waals surface area contributed by atoms with Crippen LogP contribution in [0.5, 0.6) is 0 Å². The lowest BCUT2D eigenvalue weighted by atomic mass is 9.89. The molecule has 0 bridgehead atoms. The number of hydrogen-bond donors (Lipinski definition) is 0. The summed E-state index contributed by atoms with van der Waals surface area (Å²) in [6.07, 6.45) is 4.10. The molecule has 4 rings (SSSR count). The van der Waals surface area contributed by atoms with Gasteiger partial charge in [-0.05, 0) is 59.4 Å². The van der Waals surface area contributed by atoms with Crippen LogP contribution in [0, 0.1) is 0 Å². The van der Waals surface area contributed by atoms with Gasteiger partial charge >= 0.3 is 5.97 Å². The Hall–Kier alpha value is -2.27. The van der Waals surface area contributed by atoms with Crippen molar-refractivity contribution >= 4 is 33.5 Å². The van der Waals surface area contributed by atoms with E-state index in [-0.39, 0.29) is 11.8 Å². The van der Waals surface area contributed by atoms with Crippen molar-refractivity contribution in [2.75, 3.05) is 7.11 Å². The van der Waals surface area contributed by atoms with Crippen LogP contribution in [-0.2, 0) is 40.0 Å². The van der Waals surface area contributed by atoms with E-state index in [1.54, 1.807) is 12.1 Å². The van der Waals surface area contributed by atoms with Crippen LogP contribution in [0.2, 0.25) is 0 Å². The van der Waals surface area contributed by atoms with Gasteiger partial charge in [-0.15, -0.1) is 0 Å². The standard InChI is InChI=1S/C12H12O3.C10H9BrO/c1-15-12(14)9-3-2-8-4-5-11(13)7-10(8)6-9;11-9-3-1-7-2-4-10(12)6-8(7)5-9/h2-3,6H,4-5,7H2,1H3;1,3,5H,2,4,6H2. The molecule has 2 aliphatic carbocycles. The lowest BCUT2D eigenvalue weighted by Gasteiger charge is -2.15. The van der Waals surface area contributed by atoms with Crippen LogP contribution in [0.25, 0.3) is 0 Å². The predicted molar refractivity (Wildman–Crippen MR) is 106 cm³/mol. The number of methoxy groups -OCH3 is 1. The summed E-state index contributed by atoms with van der Waals surface area (Å²) < 4.78 is 5.70. The van der Waals surface area contributed by atoms with Gasteiger partial charge in [0.05, 0.1) is 12.7 Å². The van der Waals surface area contributed by atoms with Crippen molar-refractivity contribution in [1.29, 1.82) is 0 Å². The molecule has 0 unspecified atom stereocenters. The maximum atomic E-state index is 11.3. The van der Waals surface area contributed by atoms with E-state index >= 15 is 0 Å². The highest BCUT2D eigenvalue weighted by Gasteiger charge is 2.17. The number of esters is 1. The van der Waals surface area contributed by atoms with Crippen molar-refractivity contribution in [3.8, 4) is 0 Å². The Labute approximate surface area is 167 Å². The molecule has 0 radical (unpaired) electrons. The van der Waals surface area contributed by atoms with Gasteiger partial charge in [-0.3, -0.25) is 9.59 Å². The summed E-state index contributed by atoms with van der Waals surface area (Å²) in [4.78, 5) is 33.7. The monoisotopic (exact) mass is 428 g/mol. The smallest absolute Gasteiger partial charge is 0.337 e. The zero-order valence-corrected chi connectivity index (χ0v) is 16.8. The Bertz CT molecular complexity index is 901. The van der Waals surface area contributed by atoms with E-state index in [2.05, 4.69) is 26.7 Å². The number of benzene rings is 2. The molecular formula is C22H21BrO4. The molecule has 2 aromatic rings. The lowest BCUT2D eigenvalue weighted by molar-refractivity contribution is -0.119. The molecule has 0 heterocycles. The van der Waals surface area contributed by atoms with Gasteiger partial charge in [0.25, 0.3) is 0 Å². The first-order valence-electron chi connectivity index (χ1n) is 8.97. The SMILES string of the molecule is COC(=O)c1ccc2c(c1)CC(=O)CC2.O=C1CCc2ccc(Br)cc2C1. The van der Waals surface area contributed by atoms with Crippen molar-refractivity contribution in [3.05, 3.63) is 68.7 Å². The van der Waals surface area contributed by atoms with Gasteiger partial charge in [-0.2, -0.15) is 0 Å². The first-order chi connectivity index (χ1) is 13.0. The Balaban J connectivity index is 0.000000159. The Kier molecular flexibility index (Phi) is 6.22. The molecule has 0 saturated heterocycles. The minimum atomic E-state index is -0.351. The highest BCUT2D eigenvalue weighted by atomic mass is 79.9. The number of carbonyl (C=O) groups is 3. The molecule has 0 atom stereocenters. The third-order valence-electron chi connectivity index (χ3n) is 4.92. The normalized spacial score (nSPS) is 15.2. The van der Waals surface area contributed by atoms with Crippen LogP contribution in [0.1, 0.15) is 45.5 Å². The average molecular weight is 429 g/mol. The Morgan fingerprint density at radius 1 is 0.815 bits per heavy atom. The molecule has 0 amide bonds. The number of carbonyl (C=O) groups excluding carboxylic acids is 3. The molecule has 0 aromatic heterocycles. The van der Waals surface area contributed by atoms with Gasteiger partial charge < -0.3 is 4.74 Å². The molecule has 0 saturated carbocycles. The predicted octanol–water partition coefficient (Wildman–Crippen LogP) is 4.04. The van der Waals surface area contributed by atoms with Crippen molar-refractivity contribution in [2.24, 2.45) is 0 Å². The molecular weight excluding hydrogens is 408 g/mol. The number of aryl methyl sites for hydroxylation is 2.